The highest BCUT2D eigenvalue weighted by Crippen LogP contribution is 2.35. The van der Waals surface area contributed by atoms with Crippen LogP contribution in [0.4, 0.5) is 8.78 Å². The number of benzene rings is 1. The minimum Gasteiger partial charge on any atom is -0.487 e. The van der Waals surface area contributed by atoms with Crippen LogP contribution in [-0.2, 0) is 0 Å². The average molecular weight is 256 g/mol. The molecule has 18 heavy (non-hydrogen) atoms. The van der Waals surface area contributed by atoms with Crippen LogP contribution in [0.1, 0.15) is 44.6 Å². The second kappa shape index (κ2) is 5.55. The summed E-state index contributed by atoms with van der Waals surface area (Å²) in [6, 6.07) is 5.17. The molecule has 1 fully saturated rings. The first kappa shape index (κ1) is 13.1. The fraction of sp³-hybridized carbons (Fsp3) is 0.571. The van der Waals surface area contributed by atoms with E-state index >= 15 is 0 Å². The van der Waals surface area contributed by atoms with Crippen molar-refractivity contribution in [1.29, 1.82) is 0 Å². The molecule has 1 aromatic rings. The Labute approximate surface area is 106 Å². The fourth-order valence-electron chi connectivity index (χ4n) is 1.84. The van der Waals surface area contributed by atoms with E-state index in [4.69, 9.17) is 4.74 Å². The Hall–Kier alpha value is -1.32. The van der Waals surface area contributed by atoms with Gasteiger partial charge in [-0.25, -0.2) is 0 Å². The second-order valence-electron chi connectivity index (χ2n) is 4.91. The van der Waals surface area contributed by atoms with Gasteiger partial charge in [-0.05, 0) is 42.9 Å². The highest BCUT2D eigenvalue weighted by molar-refractivity contribution is 5.44. The van der Waals surface area contributed by atoms with Crippen molar-refractivity contribution in [1.82, 2.24) is 0 Å². The van der Waals surface area contributed by atoms with Gasteiger partial charge in [0.2, 0.25) is 0 Å². The number of hydrogen-bond donors (Lipinski definition) is 0. The molecule has 0 radical (unpaired) electrons. The molecule has 2 rings (SSSR count). The lowest BCUT2D eigenvalue weighted by atomic mass is 9.96. The number of rotatable bonds is 5. The zero-order valence-corrected chi connectivity index (χ0v) is 10.7. The molecule has 1 saturated carbocycles. The summed E-state index contributed by atoms with van der Waals surface area (Å²) in [7, 11) is 0. The van der Waals surface area contributed by atoms with Gasteiger partial charge in [0.25, 0.3) is 0 Å². The standard InChI is InChI=1S/C14H18F2O2/c1-9(2)10-6-7-12(18-14(15)16)13(8-10)17-11-4-3-5-11/h6-9,11,14H,3-5H2,1-2H3. The molecule has 0 bridgehead atoms. The van der Waals surface area contributed by atoms with Gasteiger partial charge in [-0.1, -0.05) is 19.9 Å². The third kappa shape index (κ3) is 3.12. The van der Waals surface area contributed by atoms with Gasteiger partial charge in [0.1, 0.15) is 0 Å². The Morgan fingerprint density at radius 3 is 2.39 bits per heavy atom. The quantitative estimate of drug-likeness (QED) is 0.780. The van der Waals surface area contributed by atoms with Crippen molar-refractivity contribution in [2.45, 2.75) is 51.7 Å². The predicted octanol–water partition coefficient (Wildman–Crippen LogP) is 4.34. The lowest BCUT2D eigenvalue weighted by Crippen LogP contribution is -2.25. The fourth-order valence-corrected chi connectivity index (χ4v) is 1.84. The topological polar surface area (TPSA) is 18.5 Å². The normalized spacial score (nSPS) is 15.9. The molecule has 0 N–H and O–H groups in total. The van der Waals surface area contributed by atoms with Gasteiger partial charge in [-0.2, -0.15) is 8.78 Å². The van der Waals surface area contributed by atoms with Gasteiger partial charge in [0.15, 0.2) is 11.5 Å². The van der Waals surface area contributed by atoms with Crippen molar-refractivity contribution in [3.63, 3.8) is 0 Å². The summed E-state index contributed by atoms with van der Waals surface area (Å²) in [5.41, 5.74) is 1.06. The van der Waals surface area contributed by atoms with Crippen LogP contribution in [-0.4, -0.2) is 12.7 Å². The van der Waals surface area contributed by atoms with Gasteiger partial charge in [-0.3, -0.25) is 0 Å². The first-order chi connectivity index (χ1) is 8.56. The molecular formula is C14H18F2O2. The molecule has 0 amide bonds. The smallest absolute Gasteiger partial charge is 0.387 e. The zero-order chi connectivity index (χ0) is 13.1. The van der Waals surface area contributed by atoms with Crippen LogP contribution >= 0.6 is 0 Å². The SMILES string of the molecule is CC(C)c1ccc(OC(F)F)c(OC2CCC2)c1. The van der Waals surface area contributed by atoms with E-state index in [1.54, 1.807) is 18.2 Å². The molecule has 1 aromatic carbocycles. The summed E-state index contributed by atoms with van der Waals surface area (Å²) in [6.45, 7) is 1.28. The maximum atomic E-state index is 12.3. The summed E-state index contributed by atoms with van der Waals surface area (Å²) in [5.74, 6) is 0.891. The monoisotopic (exact) mass is 256 g/mol. The maximum absolute atomic E-state index is 12.3. The van der Waals surface area contributed by atoms with Crippen molar-refractivity contribution in [2.75, 3.05) is 0 Å². The summed E-state index contributed by atoms with van der Waals surface area (Å²) < 4.78 is 34.8. The molecule has 4 heteroatoms. The largest absolute Gasteiger partial charge is 0.487 e. The van der Waals surface area contributed by atoms with Crippen molar-refractivity contribution in [3.05, 3.63) is 23.8 Å². The van der Waals surface area contributed by atoms with Crippen LogP contribution < -0.4 is 9.47 Å². The van der Waals surface area contributed by atoms with E-state index < -0.39 is 6.61 Å². The van der Waals surface area contributed by atoms with Gasteiger partial charge >= 0.3 is 6.61 Å². The van der Waals surface area contributed by atoms with Crippen molar-refractivity contribution >= 4 is 0 Å². The molecule has 100 valence electrons. The van der Waals surface area contributed by atoms with Gasteiger partial charge < -0.3 is 9.47 Å². The molecule has 0 spiro atoms. The number of hydrogen-bond acceptors (Lipinski definition) is 2. The molecule has 0 aliphatic heterocycles. The zero-order valence-electron chi connectivity index (χ0n) is 10.7. The first-order valence-corrected chi connectivity index (χ1v) is 6.31. The highest BCUT2D eigenvalue weighted by atomic mass is 19.3. The number of alkyl halides is 2. The second-order valence-corrected chi connectivity index (χ2v) is 4.91. The Morgan fingerprint density at radius 1 is 1.17 bits per heavy atom. The average Bonchev–Trinajstić information content (AvgIpc) is 2.24. The summed E-state index contributed by atoms with van der Waals surface area (Å²) in [5, 5.41) is 0. The molecular weight excluding hydrogens is 238 g/mol. The molecule has 0 aromatic heterocycles. The third-order valence-electron chi connectivity index (χ3n) is 3.20. The molecule has 2 nitrogen and oxygen atoms in total. The van der Waals surface area contributed by atoms with Gasteiger partial charge in [-0.15, -0.1) is 0 Å². The molecule has 0 saturated heterocycles. The van der Waals surface area contributed by atoms with E-state index in [2.05, 4.69) is 18.6 Å². The highest BCUT2D eigenvalue weighted by Gasteiger charge is 2.22. The van der Waals surface area contributed by atoms with E-state index in [0.29, 0.717) is 11.7 Å². The van der Waals surface area contributed by atoms with Gasteiger partial charge in [0, 0.05) is 0 Å². The molecule has 0 unspecified atom stereocenters. The molecule has 1 aliphatic carbocycles. The van der Waals surface area contributed by atoms with E-state index in [9.17, 15) is 8.78 Å². The van der Waals surface area contributed by atoms with Gasteiger partial charge in [0.05, 0.1) is 6.10 Å². The minimum atomic E-state index is -2.82. The maximum Gasteiger partial charge on any atom is 0.387 e. The van der Waals surface area contributed by atoms with Crippen molar-refractivity contribution in [2.24, 2.45) is 0 Å². The van der Waals surface area contributed by atoms with Crippen LogP contribution in [0.15, 0.2) is 18.2 Å². The van der Waals surface area contributed by atoms with Crippen LogP contribution in [0.25, 0.3) is 0 Å². The van der Waals surface area contributed by atoms with Crippen molar-refractivity contribution < 1.29 is 18.3 Å². The Kier molecular flexibility index (Phi) is 4.04. The lowest BCUT2D eigenvalue weighted by Gasteiger charge is -2.27. The van der Waals surface area contributed by atoms with Crippen LogP contribution in [0.5, 0.6) is 11.5 Å². The third-order valence-corrected chi connectivity index (χ3v) is 3.20. The summed E-state index contributed by atoms with van der Waals surface area (Å²) in [4.78, 5) is 0. The Bertz CT molecular complexity index is 401. The van der Waals surface area contributed by atoms with E-state index in [1.807, 2.05) is 0 Å². The Morgan fingerprint density at radius 2 is 1.89 bits per heavy atom. The minimum absolute atomic E-state index is 0.126. The predicted molar refractivity (Wildman–Crippen MR) is 65.4 cm³/mol. The van der Waals surface area contributed by atoms with Crippen LogP contribution in [0.3, 0.4) is 0 Å². The molecule has 0 heterocycles. The molecule has 1 aliphatic rings. The van der Waals surface area contributed by atoms with Crippen molar-refractivity contribution in [3.8, 4) is 11.5 Å². The lowest BCUT2D eigenvalue weighted by molar-refractivity contribution is -0.0527. The van der Waals surface area contributed by atoms with E-state index in [-0.39, 0.29) is 11.9 Å². The van der Waals surface area contributed by atoms with E-state index in [0.717, 1.165) is 24.8 Å². The first-order valence-electron chi connectivity index (χ1n) is 6.31. The van der Waals surface area contributed by atoms with E-state index in [1.165, 1.54) is 0 Å². The Balaban J connectivity index is 2.20. The molecule has 0 atom stereocenters. The van der Waals surface area contributed by atoms with Crippen LogP contribution in [0.2, 0.25) is 0 Å². The van der Waals surface area contributed by atoms with Crippen LogP contribution in [0, 0.1) is 0 Å². The summed E-state index contributed by atoms with van der Waals surface area (Å²) in [6.07, 6.45) is 3.26. The summed E-state index contributed by atoms with van der Waals surface area (Å²) >= 11 is 0. The number of halogens is 2. The number of ether oxygens (including phenoxy) is 2.